The van der Waals surface area contributed by atoms with Gasteiger partial charge in [0, 0.05) is 24.6 Å². The first kappa shape index (κ1) is 10.5. The van der Waals surface area contributed by atoms with Crippen molar-refractivity contribution in [1.82, 2.24) is 5.32 Å². The molecule has 0 spiro atoms. The first-order valence-electron chi connectivity index (χ1n) is 4.52. The number of hydrogen-bond acceptors (Lipinski definition) is 3. The largest absolute Gasteiger partial charge is 0.362 e. The number of benzene rings is 1. The average Bonchev–Trinajstić information content (AvgIpc) is 2.19. The zero-order valence-electron chi connectivity index (χ0n) is 8.25. The molecular weight excluding hydrogens is 174 g/mol. The molecule has 14 heavy (non-hydrogen) atoms. The summed E-state index contributed by atoms with van der Waals surface area (Å²) in [5, 5.41) is 13.0. The van der Waals surface area contributed by atoms with E-state index in [1.165, 1.54) is 11.8 Å². The minimum Gasteiger partial charge on any atom is -0.362 e. The van der Waals surface area contributed by atoms with Crippen molar-refractivity contribution in [2.24, 2.45) is 0 Å². The Morgan fingerprint density at radius 2 is 2.29 bits per heavy atom. The number of hydrogen-bond donors (Lipinski definition) is 3. The van der Waals surface area contributed by atoms with Crippen LogP contribution in [0.25, 0.3) is 0 Å². The van der Waals surface area contributed by atoms with Crippen LogP contribution in [0.5, 0.6) is 0 Å². The van der Waals surface area contributed by atoms with Crippen molar-refractivity contribution in [3.8, 4) is 0 Å². The Kier molecular flexibility index (Phi) is 4.44. The van der Waals surface area contributed by atoms with Gasteiger partial charge < -0.3 is 16.0 Å². The van der Waals surface area contributed by atoms with Gasteiger partial charge in [-0.15, -0.1) is 0 Å². The van der Waals surface area contributed by atoms with E-state index in [0.29, 0.717) is 0 Å². The molecule has 0 aliphatic heterocycles. The third-order valence-corrected chi connectivity index (χ3v) is 1.75. The highest BCUT2D eigenvalue weighted by Gasteiger charge is 1.91. The van der Waals surface area contributed by atoms with E-state index in [1.807, 2.05) is 19.2 Å². The summed E-state index contributed by atoms with van der Waals surface area (Å²) in [7, 11) is 1.93. The molecule has 0 unspecified atom stereocenters. The van der Waals surface area contributed by atoms with Crippen LogP contribution in [0, 0.1) is 5.41 Å². The third kappa shape index (κ3) is 3.41. The molecule has 1 aromatic rings. The SMILES string of the molecule is CNCc1cccc(N/C=C\C=N)c1. The second kappa shape index (κ2) is 5.94. The van der Waals surface area contributed by atoms with Crippen LogP contribution in [0.1, 0.15) is 5.56 Å². The summed E-state index contributed by atoms with van der Waals surface area (Å²) < 4.78 is 0. The molecular formula is C11H15N3. The lowest BCUT2D eigenvalue weighted by molar-refractivity contribution is 0.818. The van der Waals surface area contributed by atoms with Crippen molar-refractivity contribution in [3.63, 3.8) is 0 Å². The Balaban J connectivity index is 2.63. The zero-order chi connectivity index (χ0) is 10.2. The third-order valence-electron chi connectivity index (χ3n) is 1.75. The first-order chi connectivity index (χ1) is 6.86. The second-order valence-corrected chi connectivity index (χ2v) is 2.90. The topological polar surface area (TPSA) is 47.9 Å². The fourth-order valence-electron chi connectivity index (χ4n) is 1.17. The van der Waals surface area contributed by atoms with Gasteiger partial charge in [0.1, 0.15) is 0 Å². The second-order valence-electron chi connectivity index (χ2n) is 2.90. The van der Waals surface area contributed by atoms with Gasteiger partial charge in [0.05, 0.1) is 0 Å². The van der Waals surface area contributed by atoms with Crippen LogP contribution in [-0.2, 0) is 6.54 Å². The molecule has 0 saturated heterocycles. The molecule has 0 fully saturated rings. The van der Waals surface area contributed by atoms with E-state index in [0.717, 1.165) is 12.2 Å². The normalized spacial score (nSPS) is 10.4. The van der Waals surface area contributed by atoms with Gasteiger partial charge in [-0.05, 0) is 30.8 Å². The molecule has 0 heterocycles. The Hall–Kier alpha value is -1.61. The Morgan fingerprint density at radius 1 is 1.43 bits per heavy atom. The first-order valence-corrected chi connectivity index (χ1v) is 4.52. The van der Waals surface area contributed by atoms with Crippen molar-refractivity contribution < 1.29 is 0 Å². The lowest BCUT2D eigenvalue weighted by Gasteiger charge is -2.03. The number of anilines is 1. The van der Waals surface area contributed by atoms with E-state index in [4.69, 9.17) is 5.41 Å². The highest BCUT2D eigenvalue weighted by Crippen LogP contribution is 2.09. The van der Waals surface area contributed by atoms with Crippen LogP contribution in [-0.4, -0.2) is 13.3 Å². The van der Waals surface area contributed by atoms with Crippen LogP contribution in [0.15, 0.2) is 36.5 Å². The minimum absolute atomic E-state index is 0.865. The molecule has 0 bridgehead atoms. The van der Waals surface area contributed by atoms with E-state index in [2.05, 4.69) is 22.8 Å². The molecule has 0 atom stereocenters. The van der Waals surface area contributed by atoms with Gasteiger partial charge in [0.15, 0.2) is 0 Å². The van der Waals surface area contributed by atoms with Crippen LogP contribution in [0.3, 0.4) is 0 Å². The molecule has 3 N–H and O–H groups in total. The van der Waals surface area contributed by atoms with E-state index < -0.39 is 0 Å². The molecule has 3 nitrogen and oxygen atoms in total. The molecule has 1 rings (SSSR count). The van der Waals surface area contributed by atoms with Gasteiger partial charge in [-0.1, -0.05) is 12.1 Å². The van der Waals surface area contributed by atoms with Crippen LogP contribution in [0.2, 0.25) is 0 Å². The Labute approximate surface area is 84.4 Å². The zero-order valence-corrected chi connectivity index (χ0v) is 8.25. The van der Waals surface area contributed by atoms with Gasteiger partial charge in [0.2, 0.25) is 0 Å². The maximum Gasteiger partial charge on any atom is 0.0382 e. The highest BCUT2D eigenvalue weighted by atomic mass is 14.8. The van der Waals surface area contributed by atoms with E-state index >= 15 is 0 Å². The fraction of sp³-hybridized carbons (Fsp3) is 0.182. The predicted molar refractivity (Wildman–Crippen MR) is 60.8 cm³/mol. The van der Waals surface area contributed by atoms with Crippen molar-refractivity contribution in [2.75, 3.05) is 12.4 Å². The summed E-state index contributed by atoms with van der Waals surface area (Å²) in [6.45, 7) is 0.865. The molecule has 3 heteroatoms. The maximum absolute atomic E-state index is 6.81. The standard InChI is InChI=1S/C11H15N3/c1-13-9-10-4-2-5-11(8-10)14-7-3-6-12/h2-8,12-14H,9H2,1H3/b7-3-,12-6?. The molecule has 0 aliphatic rings. The van der Waals surface area contributed by atoms with Gasteiger partial charge in [-0.3, -0.25) is 0 Å². The quantitative estimate of drug-likeness (QED) is 0.620. The molecule has 0 aromatic heterocycles. The summed E-state index contributed by atoms with van der Waals surface area (Å²) in [5.74, 6) is 0. The van der Waals surface area contributed by atoms with Gasteiger partial charge in [0.25, 0.3) is 0 Å². The summed E-state index contributed by atoms with van der Waals surface area (Å²) in [6, 6.07) is 8.15. The summed E-state index contributed by atoms with van der Waals surface area (Å²) in [4.78, 5) is 0. The van der Waals surface area contributed by atoms with Crippen LogP contribution < -0.4 is 10.6 Å². The van der Waals surface area contributed by atoms with Gasteiger partial charge in [-0.25, -0.2) is 0 Å². The number of allylic oxidation sites excluding steroid dienone is 1. The Bertz CT molecular complexity index is 318. The lowest BCUT2D eigenvalue weighted by Crippen LogP contribution is -2.04. The van der Waals surface area contributed by atoms with Crippen molar-refractivity contribution in [1.29, 1.82) is 5.41 Å². The number of rotatable bonds is 5. The van der Waals surface area contributed by atoms with Crippen molar-refractivity contribution >= 4 is 11.9 Å². The average molecular weight is 189 g/mol. The minimum atomic E-state index is 0.865. The summed E-state index contributed by atoms with van der Waals surface area (Å²) >= 11 is 0. The van der Waals surface area contributed by atoms with E-state index in [-0.39, 0.29) is 0 Å². The predicted octanol–water partition coefficient (Wildman–Crippen LogP) is 1.98. The molecule has 0 saturated carbocycles. The smallest absolute Gasteiger partial charge is 0.0382 e. The number of nitrogens with one attached hydrogen (secondary N) is 3. The fourth-order valence-corrected chi connectivity index (χ4v) is 1.17. The van der Waals surface area contributed by atoms with Crippen molar-refractivity contribution in [2.45, 2.75) is 6.54 Å². The molecule has 0 radical (unpaired) electrons. The lowest BCUT2D eigenvalue weighted by atomic mass is 10.2. The molecule has 1 aromatic carbocycles. The van der Waals surface area contributed by atoms with Gasteiger partial charge >= 0.3 is 0 Å². The Morgan fingerprint density at radius 3 is 3.00 bits per heavy atom. The monoisotopic (exact) mass is 189 g/mol. The molecule has 0 aliphatic carbocycles. The summed E-state index contributed by atoms with van der Waals surface area (Å²) in [6.07, 6.45) is 4.63. The summed E-state index contributed by atoms with van der Waals surface area (Å²) in [5.41, 5.74) is 2.27. The van der Waals surface area contributed by atoms with Crippen LogP contribution in [0.4, 0.5) is 5.69 Å². The highest BCUT2D eigenvalue weighted by molar-refractivity contribution is 5.68. The van der Waals surface area contributed by atoms with Crippen LogP contribution >= 0.6 is 0 Å². The van der Waals surface area contributed by atoms with Gasteiger partial charge in [-0.2, -0.15) is 0 Å². The van der Waals surface area contributed by atoms with E-state index in [1.54, 1.807) is 12.3 Å². The maximum atomic E-state index is 6.81. The molecule has 74 valence electrons. The molecule has 0 amide bonds. The van der Waals surface area contributed by atoms with E-state index in [9.17, 15) is 0 Å². The van der Waals surface area contributed by atoms with Crippen molar-refractivity contribution in [3.05, 3.63) is 42.1 Å².